The van der Waals surface area contributed by atoms with E-state index in [0.29, 0.717) is 12.5 Å². The van der Waals surface area contributed by atoms with Crippen molar-refractivity contribution in [1.82, 2.24) is 10.3 Å². The molecule has 0 saturated heterocycles. The van der Waals surface area contributed by atoms with Gasteiger partial charge in [-0.15, -0.1) is 0 Å². The molecule has 1 atom stereocenters. The van der Waals surface area contributed by atoms with E-state index in [4.69, 9.17) is 4.42 Å². The van der Waals surface area contributed by atoms with Crippen molar-refractivity contribution in [3.8, 4) is 0 Å². The zero-order chi connectivity index (χ0) is 15.5. The van der Waals surface area contributed by atoms with Gasteiger partial charge in [0.2, 0.25) is 0 Å². The van der Waals surface area contributed by atoms with Crippen molar-refractivity contribution in [2.45, 2.75) is 39.0 Å². The molecule has 1 aliphatic carbocycles. The monoisotopic (exact) mass is 299 g/mol. The van der Waals surface area contributed by atoms with Crippen LogP contribution in [0.5, 0.6) is 0 Å². The lowest BCUT2D eigenvalue weighted by Crippen LogP contribution is -2.33. The van der Waals surface area contributed by atoms with Gasteiger partial charge in [-0.2, -0.15) is 4.98 Å². The van der Waals surface area contributed by atoms with Gasteiger partial charge in [0.25, 0.3) is 0 Å². The van der Waals surface area contributed by atoms with Gasteiger partial charge in [-0.3, -0.25) is 5.32 Å². The SMILES string of the molecule is Cc1nc(NC(=O)NC[C@@H]2CCCc3ccccc32)oc1C. The Balaban J connectivity index is 1.58. The van der Waals surface area contributed by atoms with E-state index in [-0.39, 0.29) is 12.0 Å². The lowest BCUT2D eigenvalue weighted by molar-refractivity contribution is 0.250. The molecule has 1 heterocycles. The number of benzene rings is 1. The molecule has 1 aliphatic rings. The van der Waals surface area contributed by atoms with Gasteiger partial charge in [0, 0.05) is 12.5 Å². The lowest BCUT2D eigenvalue weighted by atomic mass is 9.83. The molecule has 0 unspecified atom stereocenters. The minimum absolute atomic E-state index is 0.247. The van der Waals surface area contributed by atoms with Crippen molar-refractivity contribution >= 4 is 12.0 Å². The van der Waals surface area contributed by atoms with Gasteiger partial charge in [-0.05, 0) is 44.2 Å². The number of urea groups is 1. The van der Waals surface area contributed by atoms with Crippen LogP contribution in [-0.2, 0) is 6.42 Å². The number of amides is 2. The van der Waals surface area contributed by atoms with E-state index in [1.807, 2.05) is 13.8 Å². The number of anilines is 1. The van der Waals surface area contributed by atoms with E-state index >= 15 is 0 Å². The number of hydrogen-bond donors (Lipinski definition) is 2. The zero-order valence-corrected chi connectivity index (χ0v) is 13.0. The number of nitrogens with one attached hydrogen (secondary N) is 2. The average molecular weight is 299 g/mol. The minimum Gasteiger partial charge on any atom is -0.428 e. The molecular formula is C17H21N3O2. The molecule has 2 N–H and O–H groups in total. The molecule has 0 fully saturated rings. The highest BCUT2D eigenvalue weighted by Gasteiger charge is 2.20. The summed E-state index contributed by atoms with van der Waals surface area (Å²) in [5.74, 6) is 1.10. The molecule has 5 heteroatoms. The Morgan fingerprint density at radius 2 is 2.18 bits per heavy atom. The van der Waals surface area contributed by atoms with Crippen LogP contribution in [0.4, 0.5) is 10.8 Å². The predicted molar refractivity (Wildman–Crippen MR) is 85.1 cm³/mol. The third-order valence-corrected chi connectivity index (χ3v) is 4.25. The number of aryl methyl sites for hydroxylation is 3. The van der Waals surface area contributed by atoms with E-state index in [2.05, 4.69) is 39.9 Å². The summed E-state index contributed by atoms with van der Waals surface area (Å²) in [5.41, 5.74) is 3.55. The quantitative estimate of drug-likeness (QED) is 0.911. The first-order chi connectivity index (χ1) is 10.6. The van der Waals surface area contributed by atoms with Crippen molar-refractivity contribution in [3.05, 3.63) is 46.8 Å². The summed E-state index contributed by atoms with van der Waals surface area (Å²) < 4.78 is 5.35. The first-order valence-corrected chi connectivity index (χ1v) is 7.70. The first-order valence-electron chi connectivity index (χ1n) is 7.70. The topological polar surface area (TPSA) is 67.2 Å². The van der Waals surface area contributed by atoms with Crippen molar-refractivity contribution in [2.75, 3.05) is 11.9 Å². The summed E-state index contributed by atoms with van der Waals surface area (Å²) in [6, 6.07) is 8.46. The molecule has 116 valence electrons. The maximum Gasteiger partial charge on any atom is 0.322 e. The number of carbonyl (C=O) groups excluding carboxylic acids is 1. The highest BCUT2D eigenvalue weighted by atomic mass is 16.4. The fourth-order valence-corrected chi connectivity index (χ4v) is 2.95. The molecular weight excluding hydrogens is 278 g/mol. The number of nitrogens with zero attached hydrogens (tertiary/aromatic N) is 1. The van der Waals surface area contributed by atoms with Gasteiger partial charge in [0.05, 0.1) is 5.69 Å². The van der Waals surface area contributed by atoms with Crippen LogP contribution in [0.2, 0.25) is 0 Å². The molecule has 22 heavy (non-hydrogen) atoms. The lowest BCUT2D eigenvalue weighted by Gasteiger charge is -2.25. The largest absolute Gasteiger partial charge is 0.428 e. The molecule has 0 saturated carbocycles. The molecule has 1 aromatic heterocycles. The Morgan fingerprint density at radius 1 is 1.36 bits per heavy atom. The standard InChI is InChI=1S/C17H21N3O2/c1-11-12(2)22-17(19-11)20-16(21)18-10-14-8-5-7-13-6-3-4-9-15(13)14/h3-4,6,9,14H,5,7-8,10H2,1-2H3,(H2,18,19,20,21)/t14-/m0/s1. The molecule has 1 aromatic carbocycles. The average Bonchev–Trinajstić information content (AvgIpc) is 2.83. The number of oxazole rings is 1. The highest BCUT2D eigenvalue weighted by Crippen LogP contribution is 2.30. The molecule has 2 amide bonds. The van der Waals surface area contributed by atoms with Crippen molar-refractivity contribution in [3.63, 3.8) is 0 Å². The molecule has 5 nitrogen and oxygen atoms in total. The second-order valence-electron chi connectivity index (χ2n) is 5.78. The Hall–Kier alpha value is -2.30. The van der Waals surface area contributed by atoms with E-state index in [1.54, 1.807) is 0 Å². The maximum atomic E-state index is 12.0. The number of hydrogen-bond acceptors (Lipinski definition) is 3. The van der Waals surface area contributed by atoms with E-state index in [0.717, 1.165) is 24.3 Å². The number of aromatic nitrogens is 1. The summed E-state index contributed by atoms with van der Waals surface area (Å²) in [5, 5.41) is 5.56. The summed E-state index contributed by atoms with van der Waals surface area (Å²) in [6.07, 6.45) is 3.41. The molecule has 2 aromatic rings. The molecule has 3 rings (SSSR count). The third kappa shape index (κ3) is 3.13. The van der Waals surface area contributed by atoms with Gasteiger partial charge >= 0.3 is 12.0 Å². The Kier molecular flexibility index (Phi) is 4.13. The molecule has 0 bridgehead atoms. The summed E-state index contributed by atoms with van der Waals surface area (Å²) in [6.45, 7) is 4.30. The van der Waals surface area contributed by atoms with Crippen LogP contribution in [0.1, 0.15) is 41.3 Å². The maximum absolute atomic E-state index is 12.0. The van der Waals surface area contributed by atoms with Crippen LogP contribution in [0.25, 0.3) is 0 Å². The Bertz CT molecular complexity index is 659. The third-order valence-electron chi connectivity index (χ3n) is 4.25. The van der Waals surface area contributed by atoms with Crippen LogP contribution in [-0.4, -0.2) is 17.6 Å². The summed E-state index contributed by atoms with van der Waals surface area (Å²) in [7, 11) is 0. The zero-order valence-electron chi connectivity index (χ0n) is 13.0. The molecule has 0 aliphatic heterocycles. The Labute approximate surface area is 130 Å². The fraction of sp³-hybridized carbons (Fsp3) is 0.412. The van der Waals surface area contributed by atoms with Gasteiger partial charge in [0.15, 0.2) is 0 Å². The summed E-state index contributed by atoms with van der Waals surface area (Å²) >= 11 is 0. The normalized spacial score (nSPS) is 16.9. The smallest absolute Gasteiger partial charge is 0.322 e. The number of fused-ring (bicyclic) bond motifs is 1. The second kappa shape index (κ2) is 6.22. The fourth-order valence-electron chi connectivity index (χ4n) is 2.95. The number of rotatable bonds is 3. The molecule has 0 radical (unpaired) electrons. The minimum atomic E-state index is -0.274. The molecule has 0 spiro atoms. The van der Waals surface area contributed by atoms with Crippen LogP contribution in [0.3, 0.4) is 0 Å². The highest BCUT2D eigenvalue weighted by molar-refractivity contribution is 5.87. The van der Waals surface area contributed by atoms with Gasteiger partial charge < -0.3 is 9.73 Å². The van der Waals surface area contributed by atoms with E-state index in [9.17, 15) is 4.79 Å². The Morgan fingerprint density at radius 3 is 2.95 bits per heavy atom. The summed E-state index contributed by atoms with van der Waals surface area (Å²) in [4.78, 5) is 16.1. The van der Waals surface area contributed by atoms with Crippen LogP contribution < -0.4 is 10.6 Å². The second-order valence-corrected chi connectivity index (χ2v) is 5.78. The van der Waals surface area contributed by atoms with Gasteiger partial charge in [-0.25, -0.2) is 4.79 Å². The van der Waals surface area contributed by atoms with E-state index < -0.39 is 0 Å². The van der Waals surface area contributed by atoms with Gasteiger partial charge in [-0.1, -0.05) is 24.3 Å². The van der Waals surface area contributed by atoms with Crippen molar-refractivity contribution in [2.24, 2.45) is 0 Å². The first kappa shape index (κ1) is 14.6. The van der Waals surface area contributed by atoms with Gasteiger partial charge in [0.1, 0.15) is 5.76 Å². The predicted octanol–water partition coefficient (Wildman–Crippen LogP) is 3.53. The van der Waals surface area contributed by atoms with E-state index in [1.165, 1.54) is 17.5 Å². The van der Waals surface area contributed by atoms with Crippen molar-refractivity contribution in [1.29, 1.82) is 0 Å². The van der Waals surface area contributed by atoms with Crippen LogP contribution in [0.15, 0.2) is 28.7 Å². The van der Waals surface area contributed by atoms with Crippen LogP contribution in [0, 0.1) is 13.8 Å². The number of carbonyl (C=O) groups is 1. The van der Waals surface area contributed by atoms with Crippen molar-refractivity contribution < 1.29 is 9.21 Å². The van der Waals surface area contributed by atoms with Crippen LogP contribution >= 0.6 is 0 Å².